The molecule has 3 aliphatic rings. The average Bonchev–Trinajstić information content (AvgIpc) is 2.81. The first-order valence-electron chi connectivity index (χ1n) is 11.0. The number of hydrogen-bond acceptors (Lipinski definition) is 5. The first kappa shape index (κ1) is 23.3. The number of aromatic nitrogens is 1. The molecule has 1 aromatic heterocycles. The van der Waals surface area contributed by atoms with Gasteiger partial charge in [-0.05, 0) is 62.3 Å². The smallest absolute Gasteiger partial charge is 0.270 e. The zero-order chi connectivity index (χ0) is 23.6. The standard InChI is InChI=1S/C24H27ClFN3O4/c1-15-12-23(29-22(31)20-6-4-17(32-2)13-27-20)7-9-24(15,10-8-23)28-21(30)14-33-16-3-5-18(25)19(26)11-16/h3-6,11,13,15H,7-10,12,14H2,1-2H3,(H,28,30)(H,29,31). The highest BCUT2D eigenvalue weighted by molar-refractivity contribution is 6.30. The van der Waals surface area contributed by atoms with Gasteiger partial charge in [-0.15, -0.1) is 0 Å². The Kier molecular flexibility index (Phi) is 6.47. The van der Waals surface area contributed by atoms with Crippen molar-refractivity contribution in [3.8, 4) is 11.5 Å². The second kappa shape index (κ2) is 9.17. The van der Waals surface area contributed by atoms with Gasteiger partial charge < -0.3 is 20.1 Å². The summed E-state index contributed by atoms with van der Waals surface area (Å²) in [5, 5.41) is 6.37. The molecule has 2 N–H and O–H groups in total. The molecule has 1 atom stereocenters. The highest BCUT2D eigenvalue weighted by atomic mass is 35.5. The molecule has 3 fully saturated rings. The van der Waals surface area contributed by atoms with Gasteiger partial charge in [0.25, 0.3) is 11.8 Å². The number of nitrogens with one attached hydrogen (secondary N) is 2. The van der Waals surface area contributed by atoms with Gasteiger partial charge in [-0.25, -0.2) is 9.37 Å². The van der Waals surface area contributed by atoms with E-state index >= 15 is 0 Å². The van der Waals surface area contributed by atoms with Crippen molar-refractivity contribution in [1.82, 2.24) is 15.6 Å². The highest BCUT2D eigenvalue weighted by Gasteiger charge is 2.54. The summed E-state index contributed by atoms with van der Waals surface area (Å²) in [7, 11) is 1.55. The van der Waals surface area contributed by atoms with Crippen LogP contribution in [0.15, 0.2) is 36.5 Å². The maximum Gasteiger partial charge on any atom is 0.270 e. The van der Waals surface area contributed by atoms with Crippen molar-refractivity contribution >= 4 is 23.4 Å². The predicted molar refractivity (Wildman–Crippen MR) is 121 cm³/mol. The summed E-state index contributed by atoms with van der Waals surface area (Å²) < 4.78 is 24.1. The lowest BCUT2D eigenvalue weighted by Gasteiger charge is -2.57. The second-order valence-electron chi connectivity index (χ2n) is 8.99. The number of carbonyl (C=O) groups excluding carboxylic acids is 2. The Bertz CT molecular complexity index is 1040. The number of fused-ring (bicyclic) bond motifs is 3. The number of pyridine rings is 1. The van der Waals surface area contributed by atoms with Crippen molar-refractivity contribution in [2.75, 3.05) is 13.7 Å². The van der Waals surface area contributed by atoms with Gasteiger partial charge in [-0.2, -0.15) is 0 Å². The number of rotatable bonds is 7. The molecule has 2 bridgehead atoms. The Morgan fingerprint density at radius 1 is 1.15 bits per heavy atom. The van der Waals surface area contributed by atoms with Gasteiger partial charge in [0.1, 0.15) is 23.0 Å². The first-order valence-corrected chi connectivity index (χ1v) is 11.3. The zero-order valence-corrected chi connectivity index (χ0v) is 19.4. The number of ether oxygens (including phenoxy) is 2. The molecular weight excluding hydrogens is 449 g/mol. The summed E-state index contributed by atoms with van der Waals surface area (Å²) >= 11 is 5.68. The molecule has 176 valence electrons. The quantitative estimate of drug-likeness (QED) is 0.634. The zero-order valence-electron chi connectivity index (χ0n) is 18.6. The molecular formula is C24H27ClFN3O4. The van der Waals surface area contributed by atoms with Gasteiger partial charge in [0.05, 0.1) is 18.3 Å². The minimum atomic E-state index is -0.593. The number of benzene rings is 1. The van der Waals surface area contributed by atoms with E-state index in [0.717, 1.165) is 38.2 Å². The topological polar surface area (TPSA) is 89.6 Å². The number of nitrogens with zero attached hydrogens (tertiary/aromatic N) is 1. The van der Waals surface area contributed by atoms with Crippen molar-refractivity contribution in [2.24, 2.45) is 5.92 Å². The molecule has 1 heterocycles. The summed E-state index contributed by atoms with van der Waals surface area (Å²) in [6.07, 6.45) is 5.33. The third-order valence-corrected chi connectivity index (χ3v) is 7.28. The molecule has 0 spiro atoms. The Balaban J connectivity index is 1.34. The van der Waals surface area contributed by atoms with Crippen LogP contribution in [-0.4, -0.2) is 41.6 Å². The Morgan fingerprint density at radius 3 is 2.48 bits per heavy atom. The van der Waals surface area contributed by atoms with E-state index in [2.05, 4.69) is 22.5 Å². The van der Waals surface area contributed by atoms with Crippen LogP contribution >= 0.6 is 11.6 Å². The van der Waals surface area contributed by atoms with Crippen molar-refractivity contribution in [2.45, 2.75) is 50.1 Å². The van der Waals surface area contributed by atoms with E-state index in [-0.39, 0.29) is 46.2 Å². The van der Waals surface area contributed by atoms with Gasteiger partial charge in [-0.1, -0.05) is 18.5 Å². The van der Waals surface area contributed by atoms with E-state index in [4.69, 9.17) is 21.1 Å². The van der Waals surface area contributed by atoms with Gasteiger partial charge in [0, 0.05) is 17.1 Å². The highest BCUT2D eigenvalue weighted by Crippen LogP contribution is 2.50. The number of hydrogen-bond donors (Lipinski definition) is 2. The predicted octanol–water partition coefficient (Wildman–Crippen LogP) is 3.90. The van der Waals surface area contributed by atoms with E-state index < -0.39 is 5.82 Å². The second-order valence-corrected chi connectivity index (χ2v) is 9.40. The molecule has 9 heteroatoms. The van der Waals surface area contributed by atoms with Crippen LogP contribution in [0.3, 0.4) is 0 Å². The summed E-state index contributed by atoms with van der Waals surface area (Å²) in [6, 6.07) is 7.44. The summed E-state index contributed by atoms with van der Waals surface area (Å²) in [5.41, 5.74) is -0.289. The van der Waals surface area contributed by atoms with E-state index in [1.54, 1.807) is 19.2 Å². The molecule has 2 amide bonds. The summed E-state index contributed by atoms with van der Waals surface area (Å²) in [5.74, 6) is -0.0336. The van der Waals surface area contributed by atoms with Gasteiger partial charge in [0.15, 0.2) is 6.61 Å². The average molecular weight is 476 g/mol. The fourth-order valence-corrected chi connectivity index (χ4v) is 5.16. The normalized spacial score (nSPS) is 25.9. The molecule has 0 aliphatic heterocycles. The first-order chi connectivity index (χ1) is 15.7. The number of amides is 2. The summed E-state index contributed by atoms with van der Waals surface area (Å²) in [4.78, 5) is 29.6. The number of carbonyl (C=O) groups is 2. The third-order valence-electron chi connectivity index (χ3n) is 6.97. The van der Waals surface area contributed by atoms with Crippen molar-refractivity contribution in [3.63, 3.8) is 0 Å². The molecule has 5 rings (SSSR count). The van der Waals surface area contributed by atoms with Gasteiger partial charge >= 0.3 is 0 Å². The fourth-order valence-electron chi connectivity index (χ4n) is 5.05. The molecule has 0 saturated heterocycles. The van der Waals surface area contributed by atoms with Crippen LogP contribution < -0.4 is 20.1 Å². The van der Waals surface area contributed by atoms with Gasteiger partial charge in [0.2, 0.25) is 0 Å². The van der Waals surface area contributed by atoms with Crippen molar-refractivity contribution < 1.29 is 23.5 Å². The van der Waals surface area contributed by atoms with E-state index in [1.165, 1.54) is 18.3 Å². The van der Waals surface area contributed by atoms with Crippen molar-refractivity contribution in [1.29, 1.82) is 0 Å². The minimum absolute atomic E-state index is 0.00210. The third kappa shape index (κ3) is 4.90. The maximum atomic E-state index is 13.6. The van der Waals surface area contributed by atoms with E-state index in [9.17, 15) is 14.0 Å². The van der Waals surface area contributed by atoms with Crippen LogP contribution in [0.4, 0.5) is 4.39 Å². The van der Waals surface area contributed by atoms with Crippen LogP contribution in [0.1, 0.15) is 49.5 Å². The molecule has 1 unspecified atom stereocenters. The molecule has 0 radical (unpaired) electrons. The number of halogens is 2. The Hall–Kier alpha value is -2.87. The van der Waals surface area contributed by atoms with Crippen molar-refractivity contribution in [3.05, 3.63) is 53.1 Å². The largest absolute Gasteiger partial charge is 0.495 e. The Morgan fingerprint density at radius 2 is 1.88 bits per heavy atom. The van der Waals surface area contributed by atoms with Crippen LogP contribution in [0, 0.1) is 11.7 Å². The van der Waals surface area contributed by atoms with E-state index in [0.29, 0.717) is 11.4 Å². The number of methoxy groups -OCH3 is 1. The van der Waals surface area contributed by atoms with Gasteiger partial charge in [-0.3, -0.25) is 9.59 Å². The lowest BCUT2D eigenvalue weighted by Crippen LogP contribution is -2.67. The summed E-state index contributed by atoms with van der Waals surface area (Å²) in [6.45, 7) is 1.89. The van der Waals surface area contributed by atoms with Crippen LogP contribution in [0.2, 0.25) is 5.02 Å². The molecule has 1 aromatic carbocycles. The monoisotopic (exact) mass is 475 g/mol. The molecule has 7 nitrogen and oxygen atoms in total. The Labute approximate surface area is 197 Å². The lowest BCUT2D eigenvalue weighted by molar-refractivity contribution is -0.128. The molecule has 3 aliphatic carbocycles. The molecule has 2 aromatic rings. The van der Waals surface area contributed by atoms with Crippen LogP contribution in [0.25, 0.3) is 0 Å². The minimum Gasteiger partial charge on any atom is -0.495 e. The maximum absolute atomic E-state index is 13.6. The van der Waals surface area contributed by atoms with Crippen LogP contribution in [0.5, 0.6) is 11.5 Å². The lowest BCUT2D eigenvalue weighted by atomic mass is 9.56. The SMILES string of the molecule is COc1ccc(C(=O)NC23CCC(NC(=O)COc4ccc(Cl)c(F)c4)(CC2)C(C)C3)nc1. The molecule has 33 heavy (non-hydrogen) atoms. The fraction of sp³-hybridized carbons (Fsp3) is 0.458. The van der Waals surface area contributed by atoms with E-state index in [1.807, 2.05) is 0 Å². The molecule has 3 saturated carbocycles. The van der Waals surface area contributed by atoms with Crippen LogP contribution in [-0.2, 0) is 4.79 Å².